The predicted molar refractivity (Wildman–Crippen MR) is 140 cm³/mol. The number of pyridine rings is 1. The number of carbonyl (C=O) groups is 1. The van der Waals surface area contributed by atoms with Crippen molar-refractivity contribution in [3.05, 3.63) is 47.6 Å². The van der Waals surface area contributed by atoms with Crippen molar-refractivity contribution in [3.63, 3.8) is 0 Å². The molecule has 0 unspecified atom stereocenters. The molecule has 2 saturated carbocycles. The van der Waals surface area contributed by atoms with E-state index in [1.807, 2.05) is 6.92 Å². The number of sulfonamides is 1. The molecule has 3 heterocycles. The van der Waals surface area contributed by atoms with Gasteiger partial charge in [0.2, 0.25) is 15.9 Å². The number of thiazole rings is 1. The van der Waals surface area contributed by atoms with Crippen molar-refractivity contribution in [2.45, 2.75) is 56.4 Å². The van der Waals surface area contributed by atoms with Gasteiger partial charge in [0.1, 0.15) is 5.69 Å². The Morgan fingerprint density at radius 3 is 2.78 bits per heavy atom. The second kappa shape index (κ2) is 11.1. The highest BCUT2D eigenvalue weighted by Crippen LogP contribution is 2.30. The Balaban J connectivity index is 1.31. The Hall–Kier alpha value is -3.16. The molecule has 0 saturated heterocycles. The number of nitrogens with one attached hydrogen (secondary N) is 3. The smallest absolute Gasteiger partial charge is 0.280 e. The van der Waals surface area contributed by atoms with E-state index in [9.17, 15) is 13.2 Å². The fourth-order valence-electron chi connectivity index (χ4n) is 3.74. The quantitative estimate of drug-likeness (QED) is 0.296. The van der Waals surface area contributed by atoms with Crippen molar-refractivity contribution >= 4 is 33.0 Å². The minimum Gasteiger partial charge on any atom is -0.477 e. The summed E-state index contributed by atoms with van der Waals surface area (Å²) in [5.41, 5.74) is 1.59. The normalized spacial score (nSPS) is 16.2. The van der Waals surface area contributed by atoms with E-state index in [-0.39, 0.29) is 16.2 Å². The van der Waals surface area contributed by atoms with E-state index < -0.39 is 16.1 Å². The van der Waals surface area contributed by atoms with Crippen molar-refractivity contribution in [2.24, 2.45) is 0 Å². The molecule has 13 heteroatoms. The Morgan fingerprint density at radius 2 is 2.03 bits per heavy atom. The molecule has 0 aromatic carbocycles. The second-order valence-electron chi connectivity index (χ2n) is 9.06. The first kappa shape index (κ1) is 25.5. The van der Waals surface area contributed by atoms with Gasteiger partial charge in [0.15, 0.2) is 5.01 Å². The molecule has 2 aliphatic rings. The van der Waals surface area contributed by atoms with E-state index in [0.717, 1.165) is 12.8 Å². The van der Waals surface area contributed by atoms with Crippen LogP contribution in [0.2, 0.25) is 0 Å². The standard InChI is InChI=1S/C24H29N7O4S2/c1-2-35-22-14-25-12-20(29-22)21-13-28-24(36-21)23(32)30-18(8-10-26-15-3-4-15)19-11-16(7-9-27-19)31-37(33,34)17-5-6-17/h7,9,11-15,17-18,26H,2-6,8,10H2,1H3,(H,27,31)(H,30,32)/t18-/m1/s1. The second-order valence-corrected chi connectivity index (χ2v) is 12.1. The fourth-order valence-corrected chi connectivity index (χ4v) is 5.90. The zero-order valence-electron chi connectivity index (χ0n) is 20.4. The lowest BCUT2D eigenvalue weighted by molar-refractivity contribution is 0.0933. The van der Waals surface area contributed by atoms with Crippen LogP contribution < -0.4 is 20.1 Å². The molecule has 0 spiro atoms. The molecular formula is C24H29N7O4S2. The van der Waals surface area contributed by atoms with Crippen LogP contribution in [-0.2, 0) is 10.0 Å². The highest BCUT2D eigenvalue weighted by Gasteiger charge is 2.35. The lowest BCUT2D eigenvalue weighted by Gasteiger charge is -2.19. The number of nitrogens with zero attached hydrogens (tertiary/aromatic N) is 4. The first-order valence-electron chi connectivity index (χ1n) is 12.3. The lowest BCUT2D eigenvalue weighted by atomic mass is 10.1. The Morgan fingerprint density at radius 1 is 1.19 bits per heavy atom. The molecule has 196 valence electrons. The zero-order valence-corrected chi connectivity index (χ0v) is 22.0. The van der Waals surface area contributed by atoms with Gasteiger partial charge < -0.3 is 15.4 Å². The maximum atomic E-state index is 13.2. The molecule has 0 aliphatic heterocycles. The van der Waals surface area contributed by atoms with E-state index in [1.54, 1.807) is 30.7 Å². The number of hydrogen-bond donors (Lipinski definition) is 3. The van der Waals surface area contributed by atoms with Crippen LogP contribution in [0.15, 0.2) is 36.9 Å². The first-order chi connectivity index (χ1) is 17.9. The Labute approximate surface area is 219 Å². The van der Waals surface area contributed by atoms with Gasteiger partial charge in [0.25, 0.3) is 5.91 Å². The summed E-state index contributed by atoms with van der Waals surface area (Å²) in [5, 5.41) is 6.44. The molecule has 2 fully saturated rings. The highest BCUT2D eigenvalue weighted by atomic mass is 32.2. The Kier molecular flexibility index (Phi) is 7.63. The average molecular weight is 544 g/mol. The van der Waals surface area contributed by atoms with Gasteiger partial charge in [0.05, 0.1) is 46.6 Å². The number of carbonyl (C=O) groups excluding carboxylic acids is 1. The number of aromatic nitrogens is 4. The van der Waals surface area contributed by atoms with Crippen LogP contribution in [0.5, 0.6) is 5.88 Å². The third-order valence-electron chi connectivity index (χ3n) is 5.97. The van der Waals surface area contributed by atoms with Crippen LogP contribution in [0.25, 0.3) is 10.6 Å². The van der Waals surface area contributed by atoms with Gasteiger partial charge in [-0.2, -0.15) is 0 Å². The molecule has 3 aromatic rings. The van der Waals surface area contributed by atoms with Crippen molar-refractivity contribution in [3.8, 4) is 16.5 Å². The summed E-state index contributed by atoms with van der Waals surface area (Å²) in [5.74, 6) is 0.0678. The molecule has 1 amide bonds. The van der Waals surface area contributed by atoms with E-state index in [0.29, 0.717) is 66.3 Å². The molecule has 2 aliphatic carbocycles. The van der Waals surface area contributed by atoms with E-state index in [4.69, 9.17) is 4.74 Å². The van der Waals surface area contributed by atoms with Crippen LogP contribution in [0.3, 0.4) is 0 Å². The summed E-state index contributed by atoms with van der Waals surface area (Å²) in [7, 11) is -3.40. The minimum atomic E-state index is -3.40. The number of hydrogen-bond acceptors (Lipinski definition) is 10. The number of amides is 1. The molecule has 37 heavy (non-hydrogen) atoms. The van der Waals surface area contributed by atoms with Crippen LogP contribution in [0, 0.1) is 0 Å². The van der Waals surface area contributed by atoms with E-state index in [1.165, 1.54) is 17.5 Å². The third-order valence-corrected chi connectivity index (χ3v) is 8.86. The van der Waals surface area contributed by atoms with Gasteiger partial charge in [-0.1, -0.05) is 0 Å². The maximum Gasteiger partial charge on any atom is 0.280 e. The van der Waals surface area contributed by atoms with E-state index in [2.05, 4.69) is 35.3 Å². The number of rotatable bonds is 13. The SMILES string of the molecule is CCOc1cncc(-c2cnc(C(=O)N[C@H](CCNC3CC3)c3cc(NS(=O)(=O)C4CC4)ccn3)s2)n1. The topological polar surface area (TPSA) is 148 Å². The van der Waals surface area contributed by atoms with Crippen LogP contribution >= 0.6 is 11.3 Å². The third kappa shape index (κ3) is 6.79. The van der Waals surface area contributed by atoms with Gasteiger partial charge in [-0.3, -0.25) is 19.5 Å². The number of ether oxygens (including phenoxy) is 1. The molecule has 0 bridgehead atoms. The molecule has 0 radical (unpaired) electrons. The van der Waals surface area contributed by atoms with Gasteiger partial charge >= 0.3 is 0 Å². The molecule has 3 N–H and O–H groups in total. The summed E-state index contributed by atoms with van der Waals surface area (Å²) in [6.45, 7) is 3.04. The van der Waals surface area contributed by atoms with Crippen molar-refractivity contribution in [1.29, 1.82) is 0 Å². The summed E-state index contributed by atoms with van der Waals surface area (Å²) in [6, 6.07) is 3.40. The highest BCUT2D eigenvalue weighted by molar-refractivity contribution is 7.93. The summed E-state index contributed by atoms with van der Waals surface area (Å²) < 4.78 is 32.9. The zero-order chi connectivity index (χ0) is 25.8. The minimum absolute atomic E-state index is 0.282. The van der Waals surface area contributed by atoms with E-state index >= 15 is 0 Å². The summed E-state index contributed by atoms with van der Waals surface area (Å²) in [6.07, 6.45) is 10.5. The molecule has 5 rings (SSSR count). The first-order valence-corrected chi connectivity index (χ1v) is 14.7. The van der Waals surface area contributed by atoms with Crippen LogP contribution in [-0.4, -0.2) is 58.7 Å². The molecule has 1 atom stereocenters. The molecule has 3 aromatic heterocycles. The largest absolute Gasteiger partial charge is 0.477 e. The predicted octanol–water partition coefficient (Wildman–Crippen LogP) is 2.91. The van der Waals surface area contributed by atoms with Crippen molar-refractivity contribution < 1.29 is 17.9 Å². The number of anilines is 1. The van der Waals surface area contributed by atoms with Crippen LogP contribution in [0.1, 0.15) is 60.6 Å². The molecular weight excluding hydrogens is 514 g/mol. The van der Waals surface area contributed by atoms with Crippen molar-refractivity contribution in [1.82, 2.24) is 30.6 Å². The summed E-state index contributed by atoms with van der Waals surface area (Å²) in [4.78, 5) is 31.2. The molecule has 11 nitrogen and oxygen atoms in total. The van der Waals surface area contributed by atoms with Gasteiger partial charge in [-0.25, -0.2) is 18.4 Å². The average Bonchev–Trinajstić information content (AvgIpc) is 3.82. The van der Waals surface area contributed by atoms with Gasteiger partial charge in [-0.15, -0.1) is 11.3 Å². The van der Waals surface area contributed by atoms with Gasteiger partial charge in [-0.05, 0) is 57.7 Å². The monoisotopic (exact) mass is 543 g/mol. The van der Waals surface area contributed by atoms with Crippen molar-refractivity contribution in [2.75, 3.05) is 17.9 Å². The lowest BCUT2D eigenvalue weighted by Crippen LogP contribution is -2.32. The van der Waals surface area contributed by atoms with Crippen LogP contribution in [0.4, 0.5) is 5.69 Å². The Bertz CT molecular complexity index is 1360. The summed E-state index contributed by atoms with van der Waals surface area (Å²) >= 11 is 1.21. The van der Waals surface area contributed by atoms with Gasteiger partial charge in [0, 0.05) is 18.4 Å². The maximum absolute atomic E-state index is 13.2. The fraction of sp³-hybridized carbons (Fsp3) is 0.458.